The Labute approximate surface area is 122 Å². The molecule has 1 aromatic rings. The number of hydrogen-bond donors (Lipinski definition) is 1. The van der Waals surface area contributed by atoms with Gasteiger partial charge in [0.1, 0.15) is 5.82 Å². The highest BCUT2D eigenvalue weighted by Gasteiger charge is 2.29. The third-order valence-electron chi connectivity index (χ3n) is 4.22. The van der Waals surface area contributed by atoms with Crippen LogP contribution in [0.4, 0.5) is 4.39 Å². The molecule has 0 aliphatic carbocycles. The predicted molar refractivity (Wildman–Crippen MR) is 82.1 cm³/mol. The van der Waals surface area contributed by atoms with Gasteiger partial charge in [0.2, 0.25) is 0 Å². The molecule has 1 saturated heterocycles. The first-order valence-corrected chi connectivity index (χ1v) is 7.82. The SMILES string of the molecule is CCCC1CN(Cc2cccc(F)c2)C(C(C)C)CN1. The van der Waals surface area contributed by atoms with Gasteiger partial charge in [0.25, 0.3) is 0 Å². The van der Waals surface area contributed by atoms with Crippen molar-refractivity contribution < 1.29 is 4.39 Å². The van der Waals surface area contributed by atoms with E-state index in [0.29, 0.717) is 18.0 Å². The zero-order valence-electron chi connectivity index (χ0n) is 12.9. The Balaban J connectivity index is 2.06. The first-order valence-electron chi connectivity index (χ1n) is 7.82. The van der Waals surface area contributed by atoms with Gasteiger partial charge in [-0.15, -0.1) is 0 Å². The average Bonchev–Trinajstić information content (AvgIpc) is 2.39. The molecule has 1 heterocycles. The van der Waals surface area contributed by atoms with Crippen molar-refractivity contribution in [1.29, 1.82) is 0 Å². The number of nitrogens with one attached hydrogen (secondary N) is 1. The van der Waals surface area contributed by atoms with Gasteiger partial charge < -0.3 is 5.32 Å². The van der Waals surface area contributed by atoms with E-state index in [1.165, 1.54) is 18.9 Å². The summed E-state index contributed by atoms with van der Waals surface area (Å²) >= 11 is 0. The Hall–Kier alpha value is -0.930. The minimum Gasteiger partial charge on any atom is -0.311 e. The standard InChI is InChI=1S/C17H27FN2/c1-4-6-16-12-20(17(10-19-16)13(2)3)11-14-7-5-8-15(18)9-14/h5,7-9,13,16-17,19H,4,6,10-12H2,1-3H3. The maximum atomic E-state index is 13.3. The second-order valence-corrected chi connectivity index (χ2v) is 6.26. The lowest BCUT2D eigenvalue weighted by molar-refractivity contribution is 0.0884. The molecule has 112 valence electrons. The fraction of sp³-hybridized carbons (Fsp3) is 0.647. The minimum absolute atomic E-state index is 0.135. The fourth-order valence-corrected chi connectivity index (χ4v) is 3.15. The van der Waals surface area contributed by atoms with Gasteiger partial charge in [0.15, 0.2) is 0 Å². The van der Waals surface area contributed by atoms with Crippen LogP contribution in [0.5, 0.6) is 0 Å². The van der Waals surface area contributed by atoms with Crippen molar-refractivity contribution in [3.05, 3.63) is 35.6 Å². The van der Waals surface area contributed by atoms with Crippen LogP contribution >= 0.6 is 0 Å². The number of piperazine rings is 1. The molecule has 20 heavy (non-hydrogen) atoms. The molecule has 0 radical (unpaired) electrons. The van der Waals surface area contributed by atoms with Crippen molar-refractivity contribution in [3.8, 4) is 0 Å². The van der Waals surface area contributed by atoms with E-state index in [1.807, 2.05) is 6.07 Å². The van der Waals surface area contributed by atoms with Crippen molar-refractivity contribution >= 4 is 0 Å². The molecule has 0 saturated carbocycles. The molecule has 1 aromatic carbocycles. The molecule has 1 aliphatic heterocycles. The van der Waals surface area contributed by atoms with Crippen LogP contribution in [-0.2, 0) is 6.54 Å². The van der Waals surface area contributed by atoms with Crippen LogP contribution in [0.3, 0.4) is 0 Å². The molecule has 0 amide bonds. The van der Waals surface area contributed by atoms with Crippen LogP contribution in [0.1, 0.15) is 39.2 Å². The van der Waals surface area contributed by atoms with Crippen LogP contribution in [-0.4, -0.2) is 30.1 Å². The Bertz CT molecular complexity index is 419. The van der Waals surface area contributed by atoms with Gasteiger partial charge in [0.05, 0.1) is 0 Å². The minimum atomic E-state index is -0.135. The van der Waals surface area contributed by atoms with Crippen LogP contribution in [0.15, 0.2) is 24.3 Å². The monoisotopic (exact) mass is 278 g/mol. The molecule has 2 unspecified atom stereocenters. The lowest BCUT2D eigenvalue weighted by Crippen LogP contribution is -2.57. The second kappa shape index (κ2) is 7.19. The van der Waals surface area contributed by atoms with E-state index in [9.17, 15) is 4.39 Å². The van der Waals surface area contributed by atoms with Crippen molar-refractivity contribution in [2.24, 2.45) is 5.92 Å². The van der Waals surface area contributed by atoms with Crippen molar-refractivity contribution in [2.75, 3.05) is 13.1 Å². The Morgan fingerprint density at radius 2 is 2.20 bits per heavy atom. The predicted octanol–water partition coefficient (Wildman–Crippen LogP) is 3.42. The highest BCUT2D eigenvalue weighted by molar-refractivity contribution is 5.16. The summed E-state index contributed by atoms with van der Waals surface area (Å²) in [7, 11) is 0. The number of nitrogens with zero attached hydrogens (tertiary/aromatic N) is 1. The third kappa shape index (κ3) is 4.03. The summed E-state index contributed by atoms with van der Waals surface area (Å²) in [5.41, 5.74) is 1.08. The lowest BCUT2D eigenvalue weighted by Gasteiger charge is -2.42. The molecule has 1 fully saturated rings. The molecule has 3 heteroatoms. The van der Waals surface area contributed by atoms with Gasteiger partial charge in [-0.2, -0.15) is 0 Å². The van der Waals surface area contributed by atoms with Crippen LogP contribution in [0.25, 0.3) is 0 Å². The van der Waals surface area contributed by atoms with Gasteiger partial charge in [-0.3, -0.25) is 4.90 Å². The van der Waals surface area contributed by atoms with E-state index in [1.54, 1.807) is 12.1 Å². The molecule has 1 N–H and O–H groups in total. The molecule has 1 aliphatic rings. The Morgan fingerprint density at radius 1 is 1.40 bits per heavy atom. The molecule has 2 rings (SSSR count). The number of hydrogen-bond acceptors (Lipinski definition) is 2. The highest BCUT2D eigenvalue weighted by Crippen LogP contribution is 2.20. The summed E-state index contributed by atoms with van der Waals surface area (Å²) in [6.45, 7) is 9.72. The summed E-state index contributed by atoms with van der Waals surface area (Å²) in [6.07, 6.45) is 2.42. The molecule has 2 atom stereocenters. The summed E-state index contributed by atoms with van der Waals surface area (Å²) in [4.78, 5) is 2.52. The zero-order valence-corrected chi connectivity index (χ0v) is 12.9. The maximum absolute atomic E-state index is 13.3. The molecular weight excluding hydrogens is 251 g/mol. The fourth-order valence-electron chi connectivity index (χ4n) is 3.15. The van der Waals surface area contributed by atoms with Crippen molar-refractivity contribution in [2.45, 2.75) is 52.2 Å². The number of benzene rings is 1. The molecule has 0 aromatic heterocycles. The Morgan fingerprint density at radius 3 is 2.85 bits per heavy atom. The average molecular weight is 278 g/mol. The maximum Gasteiger partial charge on any atom is 0.123 e. The lowest BCUT2D eigenvalue weighted by atomic mass is 9.96. The molecule has 0 spiro atoms. The summed E-state index contributed by atoms with van der Waals surface area (Å²) in [5.74, 6) is 0.475. The number of halogens is 1. The first kappa shape index (κ1) is 15.5. The highest BCUT2D eigenvalue weighted by atomic mass is 19.1. The molecular formula is C17H27FN2. The summed E-state index contributed by atoms with van der Waals surface area (Å²) < 4.78 is 13.3. The van der Waals surface area contributed by atoms with E-state index < -0.39 is 0 Å². The van der Waals surface area contributed by atoms with E-state index in [0.717, 1.165) is 25.2 Å². The van der Waals surface area contributed by atoms with Crippen molar-refractivity contribution in [1.82, 2.24) is 10.2 Å². The zero-order chi connectivity index (χ0) is 14.5. The van der Waals surface area contributed by atoms with Crippen LogP contribution in [0.2, 0.25) is 0 Å². The van der Waals surface area contributed by atoms with E-state index in [4.69, 9.17) is 0 Å². The summed E-state index contributed by atoms with van der Waals surface area (Å²) in [6, 6.07) is 8.11. The third-order valence-corrected chi connectivity index (χ3v) is 4.22. The quantitative estimate of drug-likeness (QED) is 0.888. The van der Waals surface area contributed by atoms with Gasteiger partial charge in [-0.1, -0.05) is 39.3 Å². The van der Waals surface area contributed by atoms with E-state index in [-0.39, 0.29) is 5.82 Å². The second-order valence-electron chi connectivity index (χ2n) is 6.26. The Kier molecular flexibility index (Phi) is 5.55. The van der Waals surface area contributed by atoms with E-state index in [2.05, 4.69) is 31.0 Å². The summed E-state index contributed by atoms with van der Waals surface area (Å²) in [5, 5.41) is 3.66. The van der Waals surface area contributed by atoms with Crippen LogP contribution in [0, 0.1) is 11.7 Å². The van der Waals surface area contributed by atoms with Crippen molar-refractivity contribution in [3.63, 3.8) is 0 Å². The largest absolute Gasteiger partial charge is 0.311 e. The van der Waals surface area contributed by atoms with Gasteiger partial charge in [-0.25, -0.2) is 4.39 Å². The molecule has 0 bridgehead atoms. The van der Waals surface area contributed by atoms with Gasteiger partial charge >= 0.3 is 0 Å². The number of rotatable bonds is 5. The van der Waals surface area contributed by atoms with E-state index >= 15 is 0 Å². The normalized spacial score (nSPS) is 24.2. The smallest absolute Gasteiger partial charge is 0.123 e. The topological polar surface area (TPSA) is 15.3 Å². The van der Waals surface area contributed by atoms with Gasteiger partial charge in [0, 0.05) is 31.7 Å². The van der Waals surface area contributed by atoms with Crippen LogP contribution < -0.4 is 5.32 Å². The molecule has 2 nitrogen and oxygen atoms in total. The first-order chi connectivity index (χ1) is 9.60. The van der Waals surface area contributed by atoms with Gasteiger partial charge in [-0.05, 0) is 30.0 Å².